The van der Waals surface area contributed by atoms with Crippen LogP contribution in [-0.4, -0.2) is 27.2 Å². The van der Waals surface area contributed by atoms with E-state index in [0.717, 1.165) is 23.4 Å². The first-order valence-corrected chi connectivity index (χ1v) is 9.59. The number of alkyl halides is 3. The number of aromatic nitrogens is 2. The minimum absolute atomic E-state index is 0.0797. The summed E-state index contributed by atoms with van der Waals surface area (Å²) in [4.78, 5) is 11.9. The SMILES string of the molecule is O=C(COc1ccc(-c2csnn2)cc1)NNC(=S)Nc1cccc(C(F)(F)F)c1. The number of anilines is 1. The smallest absolute Gasteiger partial charge is 0.416 e. The topological polar surface area (TPSA) is 88.2 Å². The van der Waals surface area contributed by atoms with E-state index in [9.17, 15) is 18.0 Å². The highest BCUT2D eigenvalue weighted by Crippen LogP contribution is 2.30. The molecule has 2 aromatic carbocycles. The number of nitrogens with one attached hydrogen (secondary N) is 3. The number of hydrazine groups is 1. The van der Waals surface area contributed by atoms with Crippen molar-refractivity contribution in [2.75, 3.05) is 11.9 Å². The van der Waals surface area contributed by atoms with Crippen molar-refractivity contribution in [1.82, 2.24) is 20.4 Å². The van der Waals surface area contributed by atoms with Gasteiger partial charge in [0.15, 0.2) is 11.7 Å². The quantitative estimate of drug-likeness (QED) is 0.402. The highest BCUT2D eigenvalue weighted by Gasteiger charge is 2.30. The maximum atomic E-state index is 12.7. The predicted molar refractivity (Wildman–Crippen MR) is 110 cm³/mol. The molecule has 3 rings (SSSR count). The molecule has 0 unspecified atom stereocenters. The Balaban J connectivity index is 1.43. The number of carbonyl (C=O) groups excluding carboxylic acids is 1. The van der Waals surface area contributed by atoms with Gasteiger partial charge in [0.2, 0.25) is 0 Å². The summed E-state index contributed by atoms with van der Waals surface area (Å²) in [5, 5.41) is 8.25. The first kappa shape index (κ1) is 21.5. The average molecular weight is 453 g/mol. The lowest BCUT2D eigenvalue weighted by atomic mass is 10.2. The number of thiocarbonyl (C=S) groups is 1. The van der Waals surface area contributed by atoms with Crippen LogP contribution < -0.4 is 20.9 Å². The Kier molecular flexibility index (Phi) is 6.79. The summed E-state index contributed by atoms with van der Waals surface area (Å²) in [5.41, 5.74) is 5.62. The lowest BCUT2D eigenvalue weighted by Gasteiger charge is -2.13. The molecule has 1 aromatic heterocycles. The number of nitrogens with zero attached hydrogens (tertiary/aromatic N) is 2. The van der Waals surface area contributed by atoms with E-state index in [-0.39, 0.29) is 17.4 Å². The molecule has 7 nitrogen and oxygen atoms in total. The molecule has 0 aliphatic carbocycles. The molecular formula is C18H14F3N5O2S2. The number of hydrogen-bond donors (Lipinski definition) is 3. The van der Waals surface area contributed by atoms with Gasteiger partial charge in [0.25, 0.3) is 5.91 Å². The number of halogens is 3. The van der Waals surface area contributed by atoms with Crippen molar-refractivity contribution in [3.8, 4) is 17.0 Å². The molecule has 1 heterocycles. The second-order valence-electron chi connectivity index (χ2n) is 5.81. The molecule has 30 heavy (non-hydrogen) atoms. The van der Waals surface area contributed by atoms with Crippen LogP contribution in [0.2, 0.25) is 0 Å². The molecule has 0 aliphatic heterocycles. The van der Waals surface area contributed by atoms with E-state index >= 15 is 0 Å². The van der Waals surface area contributed by atoms with Crippen molar-refractivity contribution in [3.63, 3.8) is 0 Å². The highest BCUT2D eigenvalue weighted by molar-refractivity contribution is 7.80. The zero-order valence-corrected chi connectivity index (χ0v) is 16.7. The Morgan fingerprint density at radius 1 is 1.13 bits per heavy atom. The van der Waals surface area contributed by atoms with Crippen LogP contribution >= 0.6 is 23.8 Å². The number of benzene rings is 2. The van der Waals surface area contributed by atoms with Gasteiger partial charge in [0.05, 0.1) is 5.56 Å². The van der Waals surface area contributed by atoms with Crippen LogP contribution in [0, 0.1) is 0 Å². The number of hydrogen-bond acceptors (Lipinski definition) is 6. The van der Waals surface area contributed by atoms with Crippen molar-refractivity contribution in [2.24, 2.45) is 0 Å². The number of rotatable bonds is 5. The molecule has 156 valence electrons. The zero-order chi connectivity index (χ0) is 21.6. The summed E-state index contributed by atoms with van der Waals surface area (Å²) in [5.74, 6) is -0.0577. The Bertz CT molecular complexity index is 1010. The third-order valence-electron chi connectivity index (χ3n) is 3.64. The largest absolute Gasteiger partial charge is 0.484 e. The summed E-state index contributed by atoms with van der Waals surface area (Å²) in [6.07, 6.45) is -4.46. The van der Waals surface area contributed by atoms with Crippen LogP contribution in [0.4, 0.5) is 18.9 Å². The van der Waals surface area contributed by atoms with E-state index in [1.54, 1.807) is 24.3 Å². The lowest BCUT2D eigenvalue weighted by Crippen LogP contribution is -2.45. The van der Waals surface area contributed by atoms with Gasteiger partial charge in [-0.2, -0.15) is 13.2 Å². The maximum Gasteiger partial charge on any atom is 0.416 e. The molecule has 0 spiro atoms. The van der Waals surface area contributed by atoms with Crippen LogP contribution in [0.3, 0.4) is 0 Å². The van der Waals surface area contributed by atoms with E-state index in [1.807, 2.05) is 5.38 Å². The Labute approximate surface area is 178 Å². The van der Waals surface area contributed by atoms with Gasteiger partial charge < -0.3 is 10.1 Å². The molecule has 0 radical (unpaired) electrons. The van der Waals surface area contributed by atoms with Gasteiger partial charge in [0, 0.05) is 16.6 Å². The molecule has 0 atom stereocenters. The third kappa shape index (κ3) is 6.12. The Morgan fingerprint density at radius 3 is 2.57 bits per heavy atom. The Hall–Kier alpha value is -3.25. The van der Waals surface area contributed by atoms with Gasteiger partial charge in [-0.1, -0.05) is 10.6 Å². The maximum absolute atomic E-state index is 12.7. The van der Waals surface area contributed by atoms with E-state index < -0.39 is 17.6 Å². The highest BCUT2D eigenvalue weighted by atomic mass is 32.1. The third-order valence-corrected chi connectivity index (χ3v) is 4.35. The molecule has 0 saturated heterocycles. The van der Waals surface area contributed by atoms with E-state index in [0.29, 0.717) is 5.75 Å². The van der Waals surface area contributed by atoms with Gasteiger partial charge in [-0.3, -0.25) is 15.6 Å². The summed E-state index contributed by atoms with van der Waals surface area (Å²) in [7, 11) is 0. The molecule has 3 aromatic rings. The van der Waals surface area contributed by atoms with Crippen molar-refractivity contribution < 1.29 is 22.7 Å². The standard InChI is InChI=1S/C18H14F3N5O2S2/c19-18(20,21)12-2-1-3-13(8-12)22-17(29)25-24-16(27)9-28-14-6-4-11(5-7-14)15-10-30-26-23-15/h1-8,10H,9H2,(H,24,27)(H2,22,25,29). The van der Waals surface area contributed by atoms with Gasteiger partial charge in [-0.25, -0.2) is 0 Å². The normalized spacial score (nSPS) is 10.9. The molecule has 1 amide bonds. The van der Waals surface area contributed by atoms with Crippen molar-refractivity contribution in [1.29, 1.82) is 0 Å². The molecule has 12 heteroatoms. The fourth-order valence-corrected chi connectivity index (χ4v) is 2.89. The molecule has 0 fully saturated rings. The first-order chi connectivity index (χ1) is 14.3. The molecule has 3 N–H and O–H groups in total. The Morgan fingerprint density at radius 2 is 1.90 bits per heavy atom. The minimum Gasteiger partial charge on any atom is -0.484 e. The minimum atomic E-state index is -4.46. The van der Waals surface area contributed by atoms with Crippen molar-refractivity contribution in [2.45, 2.75) is 6.18 Å². The van der Waals surface area contributed by atoms with Gasteiger partial charge >= 0.3 is 6.18 Å². The predicted octanol–water partition coefficient (Wildman–Crippen LogP) is 3.62. The van der Waals surface area contributed by atoms with Crippen LogP contribution in [0.1, 0.15) is 5.56 Å². The summed E-state index contributed by atoms with van der Waals surface area (Å²) in [6, 6.07) is 11.5. The van der Waals surface area contributed by atoms with Crippen LogP contribution in [-0.2, 0) is 11.0 Å². The number of amides is 1. The monoisotopic (exact) mass is 453 g/mol. The summed E-state index contributed by atoms with van der Waals surface area (Å²) >= 11 is 6.20. The number of carbonyl (C=O) groups is 1. The number of ether oxygens (including phenoxy) is 1. The van der Waals surface area contributed by atoms with E-state index in [4.69, 9.17) is 17.0 Å². The van der Waals surface area contributed by atoms with Gasteiger partial charge in [0.1, 0.15) is 11.4 Å². The molecule has 0 aliphatic rings. The fourth-order valence-electron chi connectivity index (χ4n) is 2.26. The van der Waals surface area contributed by atoms with Gasteiger partial charge in [-0.15, -0.1) is 5.10 Å². The van der Waals surface area contributed by atoms with E-state index in [2.05, 4.69) is 25.8 Å². The van der Waals surface area contributed by atoms with E-state index in [1.165, 1.54) is 23.7 Å². The lowest BCUT2D eigenvalue weighted by molar-refractivity contribution is -0.137. The van der Waals surface area contributed by atoms with Crippen molar-refractivity contribution in [3.05, 3.63) is 59.5 Å². The van der Waals surface area contributed by atoms with Crippen LogP contribution in [0.5, 0.6) is 5.75 Å². The molecule has 0 bridgehead atoms. The van der Waals surface area contributed by atoms with Crippen molar-refractivity contribution >= 4 is 40.5 Å². The van der Waals surface area contributed by atoms with Gasteiger partial charge in [-0.05, 0) is 66.2 Å². The fraction of sp³-hybridized carbons (Fsp3) is 0.111. The van der Waals surface area contributed by atoms with Crippen LogP contribution in [0.25, 0.3) is 11.3 Å². The summed E-state index contributed by atoms with van der Waals surface area (Å²) < 4.78 is 47.3. The first-order valence-electron chi connectivity index (χ1n) is 8.34. The van der Waals surface area contributed by atoms with Crippen LogP contribution in [0.15, 0.2) is 53.9 Å². The zero-order valence-electron chi connectivity index (χ0n) is 15.1. The molecular weight excluding hydrogens is 439 g/mol. The second-order valence-corrected chi connectivity index (χ2v) is 6.83. The average Bonchev–Trinajstić information content (AvgIpc) is 3.25. The summed E-state index contributed by atoms with van der Waals surface area (Å²) in [6.45, 7) is -0.295. The molecule has 0 saturated carbocycles. The second kappa shape index (κ2) is 9.50.